The largest absolute Gasteiger partial charge is 0.408 e. The van der Waals surface area contributed by atoms with Crippen molar-refractivity contribution in [1.82, 2.24) is 15.0 Å². The van der Waals surface area contributed by atoms with Crippen molar-refractivity contribution in [1.29, 1.82) is 0 Å². The van der Waals surface area contributed by atoms with Crippen molar-refractivity contribution in [3.05, 3.63) is 11.9 Å². The summed E-state index contributed by atoms with van der Waals surface area (Å²) in [5.41, 5.74) is 0.739. The zero-order valence-electron chi connectivity index (χ0n) is 14.7. The highest BCUT2D eigenvalue weighted by Gasteiger charge is 2.36. The SMILES string of the molecule is C[C@@H](Nc1nc(NC2CCCC2)nc(C2=CC(O)CCC2)n1)C(F)(F)F. The average molecular weight is 371 g/mol. The lowest BCUT2D eigenvalue weighted by Gasteiger charge is -2.20. The van der Waals surface area contributed by atoms with Crippen molar-refractivity contribution >= 4 is 17.5 Å². The number of halogens is 3. The van der Waals surface area contributed by atoms with E-state index in [2.05, 4.69) is 25.6 Å². The van der Waals surface area contributed by atoms with Gasteiger partial charge in [-0.2, -0.15) is 28.1 Å². The Hall–Kier alpha value is -1.90. The van der Waals surface area contributed by atoms with Gasteiger partial charge in [-0.25, -0.2) is 0 Å². The van der Waals surface area contributed by atoms with Gasteiger partial charge in [0.25, 0.3) is 0 Å². The molecule has 1 saturated carbocycles. The minimum Gasteiger partial charge on any atom is -0.389 e. The van der Waals surface area contributed by atoms with Crippen molar-refractivity contribution in [3.8, 4) is 0 Å². The molecule has 0 aromatic carbocycles. The lowest BCUT2D eigenvalue weighted by Crippen LogP contribution is -2.34. The molecule has 2 aliphatic rings. The summed E-state index contributed by atoms with van der Waals surface area (Å²) >= 11 is 0. The van der Waals surface area contributed by atoms with E-state index >= 15 is 0 Å². The molecule has 1 aromatic rings. The van der Waals surface area contributed by atoms with Gasteiger partial charge in [-0.15, -0.1) is 0 Å². The van der Waals surface area contributed by atoms with E-state index in [1.54, 1.807) is 6.08 Å². The molecule has 26 heavy (non-hydrogen) atoms. The van der Waals surface area contributed by atoms with Crippen LogP contribution in [0.1, 0.15) is 57.7 Å². The second-order valence-electron chi connectivity index (χ2n) is 6.99. The molecular formula is C17H24F3N5O. The van der Waals surface area contributed by atoms with Crippen molar-refractivity contribution < 1.29 is 18.3 Å². The van der Waals surface area contributed by atoms with Crippen LogP contribution in [0.15, 0.2) is 6.08 Å². The maximum absolute atomic E-state index is 12.9. The number of hydrogen-bond acceptors (Lipinski definition) is 6. The number of alkyl halides is 3. The standard InChI is InChI=1S/C17H24F3N5O/c1-10(17(18,19)20)21-15-23-14(11-5-4-8-13(26)9-11)24-16(25-15)22-12-6-2-3-7-12/h9-10,12-13,26H,2-8H2,1H3,(H2,21,22,23,24,25)/t10-,13?/m1/s1. The molecular weight excluding hydrogens is 347 g/mol. The number of aliphatic hydroxyl groups excluding tert-OH is 1. The van der Waals surface area contributed by atoms with E-state index in [4.69, 9.17) is 0 Å². The number of rotatable bonds is 5. The van der Waals surface area contributed by atoms with Crippen LogP contribution < -0.4 is 10.6 Å². The maximum Gasteiger partial charge on any atom is 0.408 e. The summed E-state index contributed by atoms with van der Waals surface area (Å²) in [6.45, 7) is 1.02. The third-order valence-corrected chi connectivity index (χ3v) is 4.79. The second-order valence-corrected chi connectivity index (χ2v) is 6.99. The molecule has 1 aromatic heterocycles. The molecule has 9 heteroatoms. The summed E-state index contributed by atoms with van der Waals surface area (Å²) in [4.78, 5) is 12.7. The molecule has 0 bridgehead atoms. The molecule has 1 unspecified atom stereocenters. The molecule has 0 spiro atoms. The summed E-state index contributed by atoms with van der Waals surface area (Å²) in [5, 5.41) is 15.4. The molecule has 0 aliphatic heterocycles. The second kappa shape index (κ2) is 7.77. The molecule has 0 saturated heterocycles. The third kappa shape index (κ3) is 4.84. The molecule has 3 rings (SSSR count). The quantitative estimate of drug-likeness (QED) is 0.735. The monoisotopic (exact) mass is 371 g/mol. The first kappa shape index (κ1) is 18.9. The zero-order valence-corrected chi connectivity index (χ0v) is 14.7. The first-order chi connectivity index (χ1) is 12.3. The Morgan fingerprint density at radius 1 is 1.08 bits per heavy atom. The van der Waals surface area contributed by atoms with E-state index in [9.17, 15) is 18.3 Å². The summed E-state index contributed by atoms with van der Waals surface area (Å²) in [6, 6.07) is -1.55. The van der Waals surface area contributed by atoms with Gasteiger partial charge in [0.2, 0.25) is 11.9 Å². The Morgan fingerprint density at radius 2 is 1.77 bits per heavy atom. The summed E-state index contributed by atoms with van der Waals surface area (Å²) in [7, 11) is 0. The Bertz CT molecular complexity index is 658. The molecule has 2 aliphatic carbocycles. The van der Waals surface area contributed by atoms with Crippen LogP contribution in [0.5, 0.6) is 0 Å². The van der Waals surface area contributed by atoms with Gasteiger partial charge in [0.05, 0.1) is 6.10 Å². The van der Waals surface area contributed by atoms with E-state index in [0.717, 1.165) is 44.6 Å². The number of nitrogens with zero attached hydrogens (tertiary/aromatic N) is 3. The topological polar surface area (TPSA) is 83.0 Å². The van der Waals surface area contributed by atoms with E-state index in [1.807, 2.05) is 0 Å². The van der Waals surface area contributed by atoms with Crippen molar-refractivity contribution in [2.24, 2.45) is 0 Å². The van der Waals surface area contributed by atoms with Gasteiger partial charge in [-0.05, 0) is 50.7 Å². The minimum atomic E-state index is -4.40. The molecule has 1 fully saturated rings. The summed E-state index contributed by atoms with van der Waals surface area (Å²) < 4.78 is 38.6. The number of aliphatic hydroxyl groups is 1. The molecule has 144 valence electrons. The number of nitrogens with one attached hydrogen (secondary N) is 2. The number of anilines is 2. The molecule has 0 amide bonds. The predicted octanol–water partition coefficient (Wildman–Crippen LogP) is 3.52. The Morgan fingerprint density at radius 3 is 2.42 bits per heavy atom. The van der Waals surface area contributed by atoms with Crippen LogP contribution >= 0.6 is 0 Å². The summed E-state index contributed by atoms with van der Waals surface area (Å²) in [5.74, 6) is 0.483. The van der Waals surface area contributed by atoms with Gasteiger partial charge in [-0.3, -0.25) is 0 Å². The maximum atomic E-state index is 12.9. The first-order valence-corrected chi connectivity index (χ1v) is 9.06. The highest BCUT2D eigenvalue weighted by molar-refractivity contribution is 5.63. The van der Waals surface area contributed by atoms with Crippen molar-refractivity contribution in [2.45, 2.75) is 76.2 Å². The third-order valence-electron chi connectivity index (χ3n) is 4.79. The fourth-order valence-corrected chi connectivity index (χ4v) is 3.26. The van der Waals surface area contributed by atoms with Crippen LogP contribution in [0.2, 0.25) is 0 Å². The van der Waals surface area contributed by atoms with E-state index < -0.39 is 18.3 Å². The number of hydrogen-bond donors (Lipinski definition) is 3. The minimum absolute atomic E-state index is 0.110. The van der Waals surface area contributed by atoms with E-state index in [-0.39, 0.29) is 17.9 Å². The Labute approximate surface area is 150 Å². The normalized spacial score (nSPS) is 22.8. The lowest BCUT2D eigenvalue weighted by atomic mass is 9.97. The van der Waals surface area contributed by atoms with Gasteiger partial charge in [0, 0.05) is 6.04 Å². The smallest absolute Gasteiger partial charge is 0.389 e. The lowest BCUT2D eigenvalue weighted by molar-refractivity contribution is -0.138. The molecule has 0 radical (unpaired) electrons. The average Bonchev–Trinajstić information content (AvgIpc) is 3.06. The predicted molar refractivity (Wildman–Crippen MR) is 92.7 cm³/mol. The summed E-state index contributed by atoms with van der Waals surface area (Å²) in [6.07, 6.45) is 3.04. The molecule has 3 N–H and O–H groups in total. The van der Waals surface area contributed by atoms with Crippen LogP contribution in [-0.2, 0) is 0 Å². The van der Waals surface area contributed by atoms with Gasteiger partial charge in [-0.1, -0.05) is 12.8 Å². The van der Waals surface area contributed by atoms with Crippen LogP contribution in [0.25, 0.3) is 5.57 Å². The van der Waals surface area contributed by atoms with Crippen LogP contribution in [0.4, 0.5) is 25.1 Å². The molecule has 1 heterocycles. The van der Waals surface area contributed by atoms with Crippen LogP contribution in [-0.4, -0.2) is 44.4 Å². The Kier molecular flexibility index (Phi) is 5.64. The molecule has 2 atom stereocenters. The van der Waals surface area contributed by atoms with Crippen LogP contribution in [0, 0.1) is 0 Å². The van der Waals surface area contributed by atoms with Crippen molar-refractivity contribution in [3.63, 3.8) is 0 Å². The zero-order chi connectivity index (χ0) is 18.7. The highest BCUT2D eigenvalue weighted by atomic mass is 19.4. The number of aromatic nitrogens is 3. The van der Waals surface area contributed by atoms with Gasteiger partial charge >= 0.3 is 6.18 Å². The fraction of sp³-hybridized carbons (Fsp3) is 0.706. The first-order valence-electron chi connectivity index (χ1n) is 9.06. The van der Waals surface area contributed by atoms with E-state index in [0.29, 0.717) is 18.7 Å². The Balaban J connectivity index is 1.88. The highest BCUT2D eigenvalue weighted by Crippen LogP contribution is 2.28. The van der Waals surface area contributed by atoms with Gasteiger partial charge < -0.3 is 15.7 Å². The molecule has 6 nitrogen and oxygen atoms in total. The fourth-order valence-electron chi connectivity index (χ4n) is 3.26. The van der Waals surface area contributed by atoms with Crippen molar-refractivity contribution in [2.75, 3.05) is 10.6 Å². The number of allylic oxidation sites excluding steroid dienone is 1. The van der Waals surface area contributed by atoms with Gasteiger partial charge in [0.1, 0.15) is 6.04 Å². The van der Waals surface area contributed by atoms with Gasteiger partial charge in [0.15, 0.2) is 5.82 Å². The van der Waals surface area contributed by atoms with E-state index in [1.165, 1.54) is 0 Å². The van der Waals surface area contributed by atoms with Crippen LogP contribution in [0.3, 0.4) is 0 Å².